The Hall–Kier alpha value is -2.30. The molecule has 2 aromatic rings. The number of carbonyl (C=O) groups is 1. The van der Waals surface area contributed by atoms with Gasteiger partial charge in [-0.25, -0.2) is 0 Å². The molecule has 1 aromatic carbocycles. The second kappa shape index (κ2) is 5.99. The van der Waals surface area contributed by atoms with Gasteiger partial charge in [0.1, 0.15) is 0 Å². The lowest BCUT2D eigenvalue weighted by molar-refractivity contribution is 0.0954. The van der Waals surface area contributed by atoms with Gasteiger partial charge in [0, 0.05) is 32.0 Å². The standard InChI is InChI=1S/C16H20N4O/c1-20-11-14(10-19-20)16(21)18-9-7-13-5-2-4-12-6-3-8-17-15(12)13/h2,4-5,10-11,17H,3,6-9H2,1H3,(H,18,21). The molecule has 1 aromatic heterocycles. The van der Waals surface area contributed by atoms with E-state index in [9.17, 15) is 4.79 Å². The number of aryl methyl sites for hydroxylation is 2. The van der Waals surface area contributed by atoms with Gasteiger partial charge in [-0.05, 0) is 30.4 Å². The molecule has 1 aliphatic rings. The number of anilines is 1. The molecule has 21 heavy (non-hydrogen) atoms. The van der Waals surface area contributed by atoms with Gasteiger partial charge < -0.3 is 10.6 Å². The lowest BCUT2D eigenvalue weighted by Gasteiger charge is -2.21. The van der Waals surface area contributed by atoms with Crippen LogP contribution in [0.25, 0.3) is 0 Å². The number of rotatable bonds is 4. The second-order valence-corrected chi connectivity index (χ2v) is 5.39. The van der Waals surface area contributed by atoms with Crippen LogP contribution in [0.2, 0.25) is 0 Å². The van der Waals surface area contributed by atoms with Gasteiger partial charge in [0.15, 0.2) is 0 Å². The van der Waals surface area contributed by atoms with Crippen LogP contribution in [-0.2, 0) is 19.9 Å². The van der Waals surface area contributed by atoms with Gasteiger partial charge in [0.2, 0.25) is 0 Å². The van der Waals surface area contributed by atoms with Crippen LogP contribution in [0, 0.1) is 0 Å². The average molecular weight is 284 g/mol. The van der Waals surface area contributed by atoms with Gasteiger partial charge in [-0.2, -0.15) is 5.10 Å². The molecule has 0 unspecified atom stereocenters. The number of fused-ring (bicyclic) bond motifs is 1. The molecule has 0 aliphatic carbocycles. The molecule has 0 saturated heterocycles. The third-order valence-electron chi connectivity index (χ3n) is 3.81. The van der Waals surface area contributed by atoms with Crippen LogP contribution in [0.1, 0.15) is 27.9 Å². The predicted octanol–water partition coefficient (Wildman–Crippen LogP) is 1.75. The minimum atomic E-state index is -0.0687. The van der Waals surface area contributed by atoms with Crippen LogP contribution in [0.5, 0.6) is 0 Å². The lowest BCUT2D eigenvalue weighted by Crippen LogP contribution is -2.26. The van der Waals surface area contributed by atoms with Crippen molar-refractivity contribution in [3.05, 3.63) is 47.3 Å². The van der Waals surface area contributed by atoms with Gasteiger partial charge in [0.05, 0.1) is 11.8 Å². The van der Waals surface area contributed by atoms with E-state index in [4.69, 9.17) is 0 Å². The monoisotopic (exact) mass is 284 g/mol. The third-order valence-corrected chi connectivity index (χ3v) is 3.81. The van der Waals surface area contributed by atoms with E-state index in [-0.39, 0.29) is 5.91 Å². The molecule has 0 bridgehead atoms. The molecule has 2 N–H and O–H groups in total. The summed E-state index contributed by atoms with van der Waals surface area (Å²) >= 11 is 0. The Bertz CT molecular complexity index is 647. The van der Waals surface area contributed by atoms with E-state index in [0.29, 0.717) is 12.1 Å². The van der Waals surface area contributed by atoms with Gasteiger partial charge >= 0.3 is 0 Å². The summed E-state index contributed by atoms with van der Waals surface area (Å²) in [6, 6.07) is 6.41. The van der Waals surface area contributed by atoms with Crippen molar-refractivity contribution in [3.8, 4) is 0 Å². The molecule has 5 heteroatoms. The topological polar surface area (TPSA) is 59.0 Å². The number of hydrogen-bond donors (Lipinski definition) is 2. The molecule has 0 saturated carbocycles. The summed E-state index contributed by atoms with van der Waals surface area (Å²) in [5, 5.41) is 10.4. The number of nitrogens with one attached hydrogen (secondary N) is 2. The summed E-state index contributed by atoms with van der Waals surface area (Å²) in [7, 11) is 1.80. The highest BCUT2D eigenvalue weighted by Gasteiger charge is 2.12. The van der Waals surface area contributed by atoms with Gasteiger partial charge in [-0.15, -0.1) is 0 Å². The molecule has 0 spiro atoms. The minimum Gasteiger partial charge on any atom is -0.385 e. The van der Waals surface area contributed by atoms with Gasteiger partial charge in [-0.1, -0.05) is 18.2 Å². The van der Waals surface area contributed by atoms with E-state index < -0.39 is 0 Å². The normalized spacial score (nSPS) is 13.4. The first-order valence-electron chi connectivity index (χ1n) is 7.35. The molecular formula is C16H20N4O. The van der Waals surface area contributed by atoms with Crippen molar-refractivity contribution in [2.45, 2.75) is 19.3 Å². The fourth-order valence-electron chi connectivity index (χ4n) is 2.74. The maximum Gasteiger partial charge on any atom is 0.254 e. The predicted molar refractivity (Wildman–Crippen MR) is 82.5 cm³/mol. The molecular weight excluding hydrogens is 264 g/mol. The quantitative estimate of drug-likeness (QED) is 0.899. The Morgan fingerprint density at radius 1 is 1.48 bits per heavy atom. The summed E-state index contributed by atoms with van der Waals surface area (Å²) in [6.45, 7) is 1.66. The van der Waals surface area contributed by atoms with E-state index in [1.54, 1.807) is 24.1 Å². The molecule has 0 fully saturated rings. The highest BCUT2D eigenvalue weighted by Crippen LogP contribution is 2.26. The van der Waals surface area contributed by atoms with Crippen LogP contribution < -0.4 is 10.6 Å². The van der Waals surface area contributed by atoms with E-state index >= 15 is 0 Å². The summed E-state index contributed by atoms with van der Waals surface area (Å²) < 4.78 is 1.63. The summed E-state index contributed by atoms with van der Waals surface area (Å²) in [5.74, 6) is -0.0687. The molecule has 3 rings (SSSR count). The van der Waals surface area contributed by atoms with Crippen molar-refractivity contribution in [1.82, 2.24) is 15.1 Å². The van der Waals surface area contributed by atoms with Crippen molar-refractivity contribution >= 4 is 11.6 Å². The zero-order valence-electron chi connectivity index (χ0n) is 12.2. The maximum atomic E-state index is 12.0. The van der Waals surface area contributed by atoms with Crippen LogP contribution in [0.15, 0.2) is 30.6 Å². The Morgan fingerprint density at radius 2 is 2.38 bits per heavy atom. The van der Waals surface area contributed by atoms with Crippen LogP contribution in [0.4, 0.5) is 5.69 Å². The third kappa shape index (κ3) is 3.07. The number of para-hydroxylation sites is 1. The largest absolute Gasteiger partial charge is 0.385 e. The van der Waals surface area contributed by atoms with E-state index in [2.05, 4.69) is 33.9 Å². The SMILES string of the molecule is Cn1cc(C(=O)NCCc2cccc3c2NCCC3)cn1. The zero-order valence-corrected chi connectivity index (χ0v) is 12.2. The zero-order chi connectivity index (χ0) is 14.7. The first-order valence-corrected chi connectivity index (χ1v) is 7.35. The van der Waals surface area contributed by atoms with Crippen LogP contribution in [0.3, 0.4) is 0 Å². The molecule has 1 amide bonds. The first kappa shape index (κ1) is 13.7. The van der Waals surface area contributed by atoms with E-state index in [1.807, 2.05) is 0 Å². The Labute approximate surface area is 124 Å². The van der Waals surface area contributed by atoms with Gasteiger partial charge in [0.25, 0.3) is 5.91 Å². The maximum absolute atomic E-state index is 12.0. The number of hydrogen-bond acceptors (Lipinski definition) is 3. The summed E-state index contributed by atoms with van der Waals surface area (Å²) in [6.07, 6.45) is 6.47. The average Bonchev–Trinajstić information content (AvgIpc) is 2.94. The Balaban J connectivity index is 1.60. The number of nitrogens with zero attached hydrogens (tertiary/aromatic N) is 2. The van der Waals surface area contributed by atoms with E-state index in [1.165, 1.54) is 23.2 Å². The Morgan fingerprint density at radius 3 is 3.19 bits per heavy atom. The number of aromatic nitrogens is 2. The second-order valence-electron chi connectivity index (χ2n) is 5.39. The minimum absolute atomic E-state index is 0.0687. The van der Waals surface area contributed by atoms with Crippen molar-refractivity contribution in [2.75, 3.05) is 18.4 Å². The van der Waals surface area contributed by atoms with Crippen molar-refractivity contribution < 1.29 is 4.79 Å². The molecule has 110 valence electrons. The Kier molecular flexibility index (Phi) is 3.90. The molecule has 0 atom stereocenters. The smallest absolute Gasteiger partial charge is 0.254 e. The van der Waals surface area contributed by atoms with Crippen molar-refractivity contribution in [3.63, 3.8) is 0 Å². The fraction of sp³-hybridized carbons (Fsp3) is 0.375. The summed E-state index contributed by atoms with van der Waals surface area (Å²) in [4.78, 5) is 12.0. The highest BCUT2D eigenvalue weighted by atomic mass is 16.1. The molecule has 5 nitrogen and oxygen atoms in total. The van der Waals surface area contributed by atoms with E-state index in [0.717, 1.165) is 19.4 Å². The molecule has 1 aliphatic heterocycles. The van der Waals surface area contributed by atoms with Crippen molar-refractivity contribution in [2.24, 2.45) is 7.05 Å². The number of carbonyl (C=O) groups excluding carboxylic acids is 1. The summed E-state index contributed by atoms with van der Waals surface area (Å²) in [5.41, 5.74) is 4.53. The fourth-order valence-corrected chi connectivity index (χ4v) is 2.74. The highest BCUT2D eigenvalue weighted by molar-refractivity contribution is 5.93. The molecule has 0 radical (unpaired) electrons. The first-order chi connectivity index (χ1) is 10.2. The van der Waals surface area contributed by atoms with Crippen LogP contribution >= 0.6 is 0 Å². The number of benzene rings is 1. The van der Waals surface area contributed by atoms with Crippen molar-refractivity contribution in [1.29, 1.82) is 0 Å². The molecule has 2 heterocycles. The van der Waals surface area contributed by atoms with Gasteiger partial charge in [-0.3, -0.25) is 9.48 Å². The lowest BCUT2D eigenvalue weighted by atomic mass is 9.98. The van der Waals surface area contributed by atoms with Crippen LogP contribution in [-0.4, -0.2) is 28.8 Å². The number of amides is 1.